The van der Waals surface area contributed by atoms with Crippen molar-refractivity contribution in [3.05, 3.63) is 70.7 Å². The maximum atomic E-state index is 5.81. The Kier molecular flexibility index (Phi) is 4.49. The highest BCUT2D eigenvalue weighted by Gasteiger charge is 2.12. The summed E-state index contributed by atoms with van der Waals surface area (Å²) in [6, 6.07) is 13.1. The minimum absolute atomic E-state index is 0.565. The number of nitrogens with zero attached hydrogens (tertiary/aromatic N) is 2. The van der Waals surface area contributed by atoms with Gasteiger partial charge in [-0.2, -0.15) is 0 Å². The van der Waals surface area contributed by atoms with Crippen molar-refractivity contribution < 1.29 is 0 Å². The highest BCUT2D eigenvalue weighted by molar-refractivity contribution is 5.47. The van der Waals surface area contributed by atoms with Gasteiger partial charge in [-0.1, -0.05) is 38.1 Å². The zero-order valence-electron chi connectivity index (χ0n) is 14.2. The van der Waals surface area contributed by atoms with Crippen LogP contribution < -0.4 is 5.73 Å². The van der Waals surface area contributed by atoms with E-state index in [1.165, 1.54) is 22.4 Å². The lowest BCUT2D eigenvalue weighted by atomic mass is 10.00. The van der Waals surface area contributed by atoms with E-state index in [2.05, 4.69) is 67.8 Å². The molecule has 120 valence electrons. The molecule has 0 bridgehead atoms. The zero-order chi connectivity index (χ0) is 16.4. The predicted octanol–water partition coefficient (Wildman–Crippen LogP) is 3.86. The summed E-state index contributed by atoms with van der Waals surface area (Å²) in [7, 11) is 0. The number of pyridine rings is 1. The normalized spacial score (nSPS) is 11.5. The molecule has 0 aliphatic carbocycles. The molecule has 0 aliphatic heterocycles. The molecule has 0 spiro atoms. The quantitative estimate of drug-likeness (QED) is 0.778. The molecule has 2 aromatic heterocycles. The topological polar surface area (TPSA) is 43.3 Å². The number of benzene rings is 1. The average molecular weight is 307 g/mol. The Labute approximate surface area is 138 Å². The second-order valence-corrected chi connectivity index (χ2v) is 6.55. The fourth-order valence-electron chi connectivity index (χ4n) is 3.00. The third-order valence-electron chi connectivity index (χ3n) is 4.36. The second kappa shape index (κ2) is 6.55. The van der Waals surface area contributed by atoms with E-state index >= 15 is 0 Å². The van der Waals surface area contributed by atoms with E-state index in [1.54, 1.807) is 0 Å². The molecule has 23 heavy (non-hydrogen) atoms. The van der Waals surface area contributed by atoms with Crippen LogP contribution in [0.3, 0.4) is 0 Å². The van der Waals surface area contributed by atoms with Gasteiger partial charge in [-0.25, -0.2) is 4.98 Å². The largest absolute Gasteiger partial charge is 0.330 e. The van der Waals surface area contributed by atoms with E-state index in [1.807, 2.05) is 0 Å². The highest BCUT2D eigenvalue weighted by Crippen LogP contribution is 2.20. The van der Waals surface area contributed by atoms with Crippen LogP contribution in [0, 0.1) is 6.92 Å². The summed E-state index contributed by atoms with van der Waals surface area (Å²) in [6.07, 6.45) is 3.81. The Hall–Kier alpha value is -2.13. The van der Waals surface area contributed by atoms with Crippen molar-refractivity contribution in [1.82, 2.24) is 9.38 Å². The molecule has 0 unspecified atom stereocenters. The summed E-state index contributed by atoms with van der Waals surface area (Å²) < 4.78 is 2.18. The number of nitrogens with two attached hydrogens (primary N) is 1. The fourth-order valence-corrected chi connectivity index (χ4v) is 3.00. The van der Waals surface area contributed by atoms with Crippen molar-refractivity contribution in [2.45, 2.75) is 39.5 Å². The van der Waals surface area contributed by atoms with Crippen LogP contribution in [0.4, 0.5) is 0 Å². The Morgan fingerprint density at radius 2 is 1.87 bits per heavy atom. The number of hydrogen-bond donors (Lipinski definition) is 1. The molecule has 1 aromatic carbocycles. The van der Waals surface area contributed by atoms with Crippen LogP contribution in [-0.2, 0) is 12.8 Å². The summed E-state index contributed by atoms with van der Waals surface area (Å²) in [5.41, 5.74) is 13.1. The monoisotopic (exact) mass is 307 g/mol. The fraction of sp³-hybridized carbons (Fsp3) is 0.350. The molecular formula is C20H25N3. The van der Waals surface area contributed by atoms with Gasteiger partial charge in [0, 0.05) is 24.7 Å². The molecule has 3 aromatic rings. The molecule has 0 amide bonds. The molecule has 0 atom stereocenters. The van der Waals surface area contributed by atoms with Crippen LogP contribution in [0.1, 0.15) is 47.8 Å². The van der Waals surface area contributed by atoms with E-state index in [0.29, 0.717) is 12.5 Å². The molecule has 2 N–H and O–H groups in total. The highest BCUT2D eigenvalue weighted by atomic mass is 15.0. The van der Waals surface area contributed by atoms with Gasteiger partial charge in [-0.05, 0) is 48.2 Å². The molecule has 3 heteroatoms. The molecule has 0 fully saturated rings. The summed E-state index contributed by atoms with van der Waals surface area (Å²) in [5.74, 6) is 0.565. The standard InChI is InChI=1S/C20H25N3/c1-14(2)17-6-4-16(5-7-17)13-18-19(8-10-21)23-11-9-15(3)12-20(23)22-18/h4-7,9,11-12,14H,8,10,13,21H2,1-3H3. The van der Waals surface area contributed by atoms with Gasteiger partial charge in [-0.15, -0.1) is 0 Å². The summed E-state index contributed by atoms with van der Waals surface area (Å²) in [6.45, 7) is 7.18. The Balaban J connectivity index is 1.96. The van der Waals surface area contributed by atoms with Gasteiger partial charge in [0.05, 0.1) is 5.69 Å². The van der Waals surface area contributed by atoms with Crippen molar-refractivity contribution in [3.8, 4) is 0 Å². The van der Waals surface area contributed by atoms with Gasteiger partial charge in [0.25, 0.3) is 0 Å². The second-order valence-electron chi connectivity index (χ2n) is 6.55. The van der Waals surface area contributed by atoms with Gasteiger partial charge in [-0.3, -0.25) is 0 Å². The first-order valence-corrected chi connectivity index (χ1v) is 8.34. The molecule has 0 aliphatic rings. The van der Waals surface area contributed by atoms with Gasteiger partial charge in [0.15, 0.2) is 0 Å². The number of aromatic nitrogens is 2. The van der Waals surface area contributed by atoms with Crippen LogP contribution in [0.5, 0.6) is 0 Å². The third kappa shape index (κ3) is 3.30. The first-order chi connectivity index (χ1) is 11.1. The number of fused-ring (bicyclic) bond motifs is 1. The predicted molar refractivity (Wildman–Crippen MR) is 96.0 cm³/mol. The minimum Gasteiger partial charge on any atom is -0.330 e. The Morgan fingerprint density at radius 3 is 2.52 bits per heavy atom. The molecule has 0 saturated heterocycles. The van der Waals surface area contributed by atoms with Gasteiger partial charge in [0.1, 0.15) is 5.65 Å². The van der Waals surface area contributed by atoms with Crippen molar-refractivity contribution in [2.24, 2.45) is 5.73 Å². The summed E-state index contributed by atoms with van der Waals surface area (Å²) >= 11 is 0. The van der Waals surface area contributed by atoms with Crippen molar-refractivity contribution >= 4 is 5.65 Å². The van der Waals surface area contributed by atoms with Crippen LogP contribution in [0.15, 0.2) is 42.6 Å². The van der Waals surface area contributed by atoms with Crippen LogP contribution >= 0.6 is 0 Å². The summed E-state index contributed by atoms with van der Waals surface area (Å²) in [4.78, 5) is 4.85. The molecule has 3 rings (SSSR count). The SMILES string of the molecule is Cc1ccn2c(CCN)c(Cc3ccc(C(C)C)cc3)nc2c1. The zero-order valence-corrected chi connectivity index (χ0v) is 14.2. The van der Waals surface area contributed by atoms with E-state index in [-0.39, 0.29) is 0 Å². The lowest BCUT2D eigenvalue weighted by Crippen LogP contribution is -2.07. The van der Waals surface area contributed by atoms with E-state index in [9.17, 15) is 0 Å². The van der Waals surface area contributed by atoms with Gasteiger partial charge < -0.3 is 10.1 Å². The first kappa shape index (κ1) is 15.8. The molecule has 3 nitrogen and oxygen atoms in total. The minimum atomic E-state index is 0.565. The first-order valence-electron chi connectivity index (χ1n) is 8.34. The number of hydrogen-bond acceptors (Lipinski definition) is 2. The Morgan fingerprint density at radius 1 is 1.13 bits per heavy atom. The van der Waals surface area contributed by atoms with E-state index in [0.717, 1.165) is 24.2 Å². The van der Waals surface area contributed by atoms with Crippen LogP contribution in [0.25, 0.3) is 5.65 Å². The van der Waals surface area contributed by atoms with Crippen molar-refractivity contribution in [2.75, 3.05) is 6.54 Å². The van der Waals surface area contributed by atoms with E-state index < -0.39 is 0 Å². The van der Waals surface area contributed by atoms with E-state index in [4.69, 9.17) is 10.7 Å². The van der Waals surface area contributed by atoms with Crippen LogP contribution in [0.2, 0.25) is 0 Å². The lowest BCUT2D eigenvalue weighted by Gasteiger charge is -2.07. The maximum absolute atomic E-state index is 5.81. The van der Waals surface area contributed by atoms with Gasteiger partial charge >= 0.3 is 0 Å². The van der Waals surface area contributed by atoms with Gasteiger partial charge in [0.2, 0.25) is 0 Å². The number of imidazole rings is 1. The molecule has 0 radical (unpaired) electrons. The number of aryl methyl sites for hydroxylation is 1. The molecule has 2 heterocycles. The van der Waals surface area contributed by atoms with Crippen molar-refractivity contribution in [3.63, 3.8) is 0 Å². The lowest BCUT2D eigenvalue weighted by molar-refractivity contribution is 0.863. The smallest absolute Gasteiger partial charge is 0.137 e. The molecular weight excluding hydrogens is 282 g/mol. The third-order valence-corrected chi connectivity index (χ3v) is 4.36. The van der Waals surface area contributed by atoms with Crippen molar-refractivity contribution in [1.29, 1.82) is 0 Å². The maximum Gasteiger partial charge on any atom is 0.137 e. The molecule has 0 saturated carbocycles. The average Bonchev–Trinajstić information content (AvgIpc) is 2.85. The Bertz CT molecular complexity index is 798. The number of rotatable bonds is 5. The summed E-state index contributed by atoms with van der Waals surface area (Å²) in [5, 5.41) is 0. The van der Waals surface area contributed by atoms with Crippen LogP contribution in [-0.4, -0.2) is 15.9 Å².